The number of hydrogen-bond acceptors (Lipinski definition) is 5. The van der Waals surface area contributed by atoms with Gasteiger partial charge in [0.25, 0.3) is 11.8 Å². The lowest BCUT2D eigenvalue weighted by Crippen LogP contribution is -2.22. The van der Waals surface area contributed by atoms with Crippen molar-refractivity contribution < 1.29 is 24.2 Å². The highest BCUT2D eigenvalue weighted by Crippen LogP contribution is 2.27. The van der Waals surface area contributed by atoms with Gasteiger partial charge in [-0.05, 0) is 43.3 Å². The van der Waals surface area contributed by atoms with Crippen LogP contribution < -0.4 is 15.2 Å². The van der Waals surface area contributed by atoms with E-state index >= 15 is 0 Å². The Morgan fingerprint density at radius 3 is 2.48 bits per heavy atom. The van der Waals surface area contributed by atoms with E-state index in [1.165, 1.54) is 6.92 Å². The van der Waals surface area contributed by atoms with Crippen molar-refractivity contribution in [3.63, 3.8) is 0 Å². The van der Waals surface area contributed by atoms with Crippen LogP contribution in [-0.4, -0.2) is 32.5 Å². The van der Waals surface area contributed by atoms with Crippen molar-refractivity contribution >= 4 is 17.5 Å². The summed E-state index contributed by atoms with van der Waals surface area (Å²) in [6.07, 6.45) is 0.700. The fourth-order valence-electron chi connectivity index (χ4n) is 2.22. The zero-order chi connectivity index (χ0) is 18.0. The minimum absolute atomic E-state index is 0.0891. The second kappa shape index (κ2) is 6.52. The third-order valence-corrected chi connectivity index (χ3v) is 3.43. The zero-order valence-corrected chi connectivity index (χ0v) is 13.2. The fraction of sp³-hybridized carbons (Fsp3) is 0.118. The van der Waals surface area contributed by atoms with E-state index < -0.39 is 18.0 Å². The highest BCUT2D eigenvalue weighted by atomic mass is 16.5. The quantitative estimate of drug-likeness (QED) is 0.709. The van der Waals surface area contributed by atoms with Gasteiger partial charge in [-0.1, -0.05) is 6.07 Å². The van der Waals surface area contributed by atoms with E-state index in [1.807, 2.05) is 0 Å². The average Bonchev–Trinajstić information content (AvgIpc) is 2.94. The van der Waals surface area contributed by atoms with Crippen molar-refractivity contribution in [1.29, 1.82) is 0 Å². The smallest absolute Gasteiger partial charge is 0.344 e. The number of carboxylic acids is 1. The van der Waals surface area contributed by atoms with E-state index in [0.717, 1.165) is 0 Å². The molecule has 8 heteroatoms. The number of hydrogen-bond donors (Lipinski definition) is 2. The number of primary amides is 1. The second-order valence-electron chi connectivity index (χ2n) is 5.23. The standard InChI is InChI=1S/C17H15N3O5/c1-10(17(22)23)24-11-5-7-12(8-6-11)25-16-14(15(18)21)20-9-3-2-4-13(20)19-16/h2-10H,1H3,(H2,18,21)(H,22,23). The highest BCUT2D eigenvalue weighted by molar-refractivity contribution is 5.94. The van der Waals surface area contributed by atoms with Crippen molar-refractivity contribution in [2.45, 2.75) is 13.0 Å². The second-order valence-corrected chi connectivity index (χ2v) is 5.23. The molecule has 2 heterocycles. The summed E-state index contributed by atoms with van der Waals surface area (Å²) in [5.41, 5.74) is 6.09. The van der Waals surface area contributed by atoms with Crippen molar-refractivity contribution in [2.24, 2.45) is 5.73 Å². The van der Waals surface area contributed by atoms with Gasteiger partial charge in [0.2, 0.25) is 0 Å². The molecule has 8 nitrogen and oxygen atoms in total. The number of nitrogens with two attached hydrogens (primary N) is 1. The van der Waals surface area contributed by atoms with Crippen LogP contribution in [0.3, 0.4) is 0 Å². The predicted molar refractivity (Wildman–Crippen MR) is 88.0 cm³/mol. The number of aromatic nitrogens is 2. The van der Waals surface area contributed by atoms with E-state index in [-0.39, 0.29) is 11.6 Å². The minimum atomic E-state index is -1.06. The van der Waals surface area contributed by atoms with Crippen LogP contribution in [-0.2, 0) is 4.79 Å². The molecule has 0 saturated carbocycles. The molecule has 0 radical (unpaired) electrons. The van der Waals surface area contributed by atoms with E-state index in [9.17, 15) is 9.59 Å². The van der Waals surface area contributed by atoms with Gasteiger partial charge in [0.1, 0.15) is 17.1 Å². The molecule has 0 aliphatic rings. The highest BCUT2D eigenvalue weighted by Gasteiger charge is 2.19. The van der Waals surface area contributed by atoms with Crippen molar-refractivity contribution in [3.05, 3.63) is 54.4 Å². The number of carbonyl (C=O) groups is 2. The van der Waals surface area contributed by atoms with Gasteiger partial charge in [-0.3, -0.25) is 9.20 Å². The van der Waals surface area contributed by atoms with Gasteiger partial charge in [0.05, 0.1) is 0 Å². The summed E-state index contributed by atoms with van der Waals surface area (Å²) >= 11 is 0. The van der Waals surface area contributed by atoms with Gasteiger partial charge in [-0.2, -0.15) is 4.98 Å². The van der Waals surface area contributed by atoms with Crippen molar-refractivity contribution in [3.8, 4) is 17.4 Å². The molecule has 0 aliphatic heterocycles. The molecule has 1 aromatic carbocycles. The molecule has 25 heavy (non-hydrogen) atoms. The Morgan fingerprint density at radius 1 is 1.16 bits per heavy atom. The number of rotatable bonds is 6. The molecular formula is C17H15N3O5. The molecule has 0 saturated heterocycles. The van der Waals surface area contributed by atoms with Crippen molar-refractivity contribution in [1.82, 2.24) is 9.38 Å². The fourth-order valence-corrected chi connectivity index (χ4v) is 2.22. The third-order valence-electron chi connectivity index (χ3n) is 3.43. The summed E-state index contributed by atoms with van der Waals surface area (Å²) in [5.74, 6) is -0.847. The van der Waals surface area contributed by atoms with Gasteiger partial charge < -0.3 is 20.3 Å². The summed E-state index contributed by atoms with van der Waals surface area (Å²) in [4.78, 5) is 26.8. The molecule has 0 fully saturated rings. The number of pyridine rings is 1. The Morgan fingerprint density at radius 2 is 1.84 bits per heavy atom. The van der Waals surface area contributed by atoms with Gasteiger partial charge in [-0.15, -0.1) is 0 Å². The molecule has 3 rings (SSSR count). The first-order valence-corrected chi connectivity index (χ1v) is 7.40. The molecule has 3 N–H and O–H groups in total. The van der Waals surface area contributed by atoms with Crippen LogP contribution in [0.25, 0.3) is 5.65 Å². The minimum Gasteiger partial charge on any atom is -0.479 e. The molecule has 0 bridgehead atoms. The number of fused-ring (bicyclic) bond motifs is 1. The summed E-state index contributed by atoms with van der Waals surface area (Å²) < 4.78 is 12.4. The van der Waals surface area contributed by atoms with Crippen LogP contribution in [0, 0.1) is 0 Å². The van der Waals surface area contributed by atoms with Gasteiger partial charge in [0.15, 0.2) is 11.8 Å². The molecule has 3 aromatic rings. The molecule has 1 atom stereocenters. The predicted octanol–water partition coefficient (Wildman–Crippen LogP) is 2.08. The lowest BCUT2D eigenvalue weighted by Gasteiger charge is -2.10. The number of aliphatic carboxylic acids is 1. The Labute approximate surface area is 142 Å². The van der Waals surface area contributed by atoms with Crippen LogP contribution in [0.4, 0.5) is 0 Å². The van der Waals surface area contributed by atoms with E-state index in [1.54, 1.807) is 53.1 Å². The maximum absolute atomic E-state index is 11.7. The number of ether oxygens (including phenoxy) is 2. The molecule has 1 unspecified atom stereocenters. The van der Waals surface area contributed by atoms with Crippen LogP contribution in [0.15, 0.2) is 48.7 Å². The third kappa shape index (κ3) is 3.37. The molecule has 0 spiro atoms. The Balaban J connectivity index is 1.85. The lowest BCUT2D eigenvalue weighted by molar-refractivity contribution is -0.144. The lowest BCUT2D eigenvalue weighted by atomic mass is 10.3. The summed E-state index contributed by atoms with van der Waals surface area (Å²) in [6, 6.07) is 11.6. The number of carbonyl (C=O) groups excluding carboxylic acids is 1. The van der Waals surface area contributed by atoms with Gasteiger partial charge in [-0.25, -0.2) is 4.79 Å². The van der Waals surface area contributed by atoms with Crippen LogP contribution >= 0.6 is 0 Å². The molecule has 0 aliphatic carbocycles. The van der Waals surface area contributed by atoms with Crippen molar-refractivity contribution in [2.75, 3.05) is 0 Å². The first kappa shape index (κ1) is 16.3. The normalized spacial score (nSPS) is 11.9. The van der Waals surface area contributed by atoms with Crippen LogP contribution in [0.1, 0.15) is 17.4 Å². The summed E-state index contributed by atoms with van der Waals surface area (Å²) in [7, 11) is 0. The van der Waals surface area contributed by atoms with E-state index in [0.29, 0.717) is 17.1 Å². The number of carboxylic acid groups (broad SMARTS) is 1. The van der Waals surface area contributed by atoms with Crippen LogP contribution in [0.5, 0.6) is 17.4 Å². The van der Waals surface area contributed by atoms with E-state index in [4.69, 9.17) is 20.3 Å². The largest absolute Gasteiger partial charge is 0.479 e. The zero-order valence-electron chi connectivity index (χ0n) is 13.2. The Hall–Kier alpha value is -3.55. The molecule has 128 valence electrons. The first-order chi connectivity index (χ1) is 12.0. The van der Waals surface area contributed by atoms with Gasteiger partial charge in [0, 0.05) is 6.20 Å². The number of benzene rings is 1. The molecule has 2 aromatic heterocycles. The van der Waals surface area contributed by atoms with Crippen LogP contribution in [0.2, 0.25) is 0 Å². The number of amides is 1. The number of nitrogens with zero attached hydrogens (tertiary/aromatic N) is 2. The number of imidazole rings is 1. The maximum atomic E-state index is 11.7. The van der Waals surface area contributed by atoms with Gasteiger partial charge >= 0.3 is 5.97 Å². The molecule has 1 amide bonds. The summed E-state index contributed by atoms with van der Waals surface area (Å²) in [6.45, 7) is 1.43. The average molecular weight is 341 g/mol. The summed E-state index contributed by atoms with van der Waals surface area (Å²) in [5, 5.41) is 8.84. The first-order valence-electron chi connectivity index (χ1n) is 7.40. The monoisotopic (exact) mass is 341 g/mol. The SMILES string of the molecule is CC(Oc1ccc(Oc2nc3ccccn3c2C(N)=O)cc1)C(=O)O. The maximum Gasteiger partial charge on any atom is 0.344 e. The Bertz CT molecular complexity index is 933. The molecular weight excluding hydrogens is 326 g/mol. The Kier molecular flexibility index (Phi) is 4.25. The van der Waals surface area contributed by atoms with E-state index in [2.05, 4.69) is 4.98 Å². The topological polar surface area (TPSA) is 116 Å².